The molecule has 2 fully saturated rings. The van der Waals surface area contributed by atoms with Gasteiger partial charge < -0.3 is 21.7 Å². The van der Waals surface area contributed by atoms with E-state index in [-0.39, 0.29) is 11.3 Å². The molecule has 0 radical (unpaired) electrons. The number of hydrogen-bond acceptors (Lipinski definition) is 3. The zero-order valence-electron chi connectivity index (χ0n) is 12.1. The number of nitrogens with zero attached hydrogens (tertiary/aromatic N) is 1. The molecule has 3 amide bonds. The summed E-state index contributed by atoms with van der Waals surface area (Å²) < 4.78 is 0. The minimum absolute atomic E-state index is 0.223. The van der Waals surface area contributed by atoms with E-state index in [0.717, 1.165) is 45.1 Å². The van der Waals surface area contributed by atoms with E-state index in [0.29, 0.717) is 25.6 Å². The van der Waals surface area contributed by atoms with Gasteiger partial charge in [0.2, 0.25) is 5.91 Å². The topological polar surface area (TPSA) is 101 Å². The Bertz CT molecular complexity index is 366. The van der Waals surface area contributed by atoms with Crippen LogP contribution in [0.5, 0.6) is 0 Å². The number of carbonyl (C=O) groups is 2. The van der Waals surface area contributed by atoms with E-state index in [1.807, 2.05) is 4.90 Å². The molecule has 1 atom stereocenters. The molecule has 0 aromatic rings. The molecule has 1 aliphatic heterocycles. The van der Waals surface area contributed by atoms with Gasteiger partial charge in [0.05, 0.1) is 5.41 Å². The Morgan fingerprint density at radius 2 is 1.95 bits per heavy atom. The molecule has 1 aliphatic carbocycles. The maximum atomic E-state index is 12.8. The van der Waals surface area contributed by atoms with Gasteiger partial charge in [-0.25, -0.2) is 4.79 Å². The van der Waals surface area contributed by atoms with Crippen LogP contribution in [0.1, 0.15) is 38.5 Å². The fourth-order valence-electron chi connectivity index (χ4n) is 3.55. The first-order valence-electron chi connectivity index (χ1n) is 7.60. The molecule has 2 aliphatic rings. The second kappa shape index (κ2) is 6.43. The molecule has 1 heterocycles. The van der Waals surface area contributed by atoms with Crippen LogP contribution in [-0.2, 0) is 4.79 Å². The number of hydrogen-bond donors (Lipinski definition) is 3. The average Bonchev–Trinajstić information content (AvgIpc) is 2.94. The standard InChI is InChI=1S/C14H26N4O2/c15-10-14(5-1-2-6-14)12(19)18-7-3-4-11(9-18)8-17-13(16)20/h11H,1-10,15H2,(H3,16,17,20). The van der Waals surface area contributed by atoms with Crippen molar-refractivity contribution < 1.29 is 9.59 Å². The van der Waals surface area contributed by atoms with Gasteiger partial charge in [-0.1, -0.05) is 12.8 Å². The number of primary amides is 1. The molecule has 0 aromatic carbocycles. The van der Waals surface area contributed by atoms with Crippen molar-refractivity contribution in [2.45, 2.75) is 38.5 Å². The summed E-state index contributed by atoms with van der Waals surface area (Å²) in [7, 11) is 0. The first kappa shape index (κ1) is 15.1. The van der Waals surface area contributed by atoms with Crippen molar-refractivity contribution in [2.24, 2.45) is 22.8 Å². The summed E-state index contributed by atoms with van der Waals surface area (Å²) in [4.78, 5) is 25.5. The second-order valence-corrected chi connectivity index (χ2v) is 6.20. The normalized spacial score (nSPS) is 25.4. The van der Waals surface area contributed by atoms with Crippen LogP contribution in [0.25, 0.3) is 0 Å². The summed E-state index contributed by atoms with van der Waals surface area (Å²) >= 11 is 0. The highest BCUT2D eigenvalue weighted by molar-refractivity contribution is 5.83. The minimum Gasteiger partial charge on any atom is -0.352 e. The lowest BCUT2D eigenvalue weighted by molar-refractivity contribution is -0.143. The number of carbonyl (C=O) groups excluding carboxylic acids is 2. The monoisotopic (exact) mass is 282 g/mol. The predicted octanol–water partition coefficient (Wildman–Crippen LogP) is 0.412. The third kappa shape index (κ3) is 3.23. The van der Waals surface area contributed by atoms with Gasteiger partial charge in [-0.05, 0) is 31.6 Å². The summed E-state index contributed by atoms with van der Waals surface area (Å²) in [6.45, 7) is 2.52. The van der Waals surface area contributed by atoms with Crippen molar-refractivity contribution in [3.63, 3.8) is 0 Å². The molecule has 114 valence electrons. The van der Waals surface area contributed by atoms with Gasteiger partial charge in [-0.2, -0.15) is 0 Å². The number of amides is 3. The lowest BCUT2D eigenvalue weighted by Gasteiger charge is -2.38. The first-order valence-corrected chi connectivity index (χ1v) is 7.60. The van der Waals surface area contributed by atoms with Gasteiger partial charge in [0.25, 0.3) is 0 Å². The Morgan fingerprint density at radius 1 is 1.25 bits per heavy atom. The average molecular weight is 282 g/mol. The quantitative estimate of drug-likeness (QED) is 0.696. The molecule has 1 saturated carbocycles. The van der Waals surface area contributed by atoms with Crippen LogP contribution in [0, 0.1) is 11.3 Å². The third-order valence-electron chi connectivity index (χ3n) is 4.78. The highest BCUT2D eigenvalue weighted by Gasteiger charge is 2.43. The molecule has 0 spiro atoms. The lowest BCUT2D eigenvalue weighted by Crippen LogP contribution is -2.51. The smallest absolute Gasteiger partial charge is 0.312 e. The van der Waals surface area contributed by atoms with Crippen molar-refractivity contribution in [3.05, 3.63) is 0 Å². The molecule has 2 rings (SSSR count). The minimum atomic E-state index is -0.498. The highest BCUT2D eigenvalue weighted by atomic mass is 16.2. The van der Waals surface area contributed by atoms with E-state index in [9.17, 15) is 9.59 Å². The van der Waals surface area contributed by atoms with Gasteiger partial charge in [0.15, 0.2) is 0 Å². The Labute approximate surface area is 120 Å². The van der Waals surface area contributed by atoms with Crippen molar-refractivity contribution >= 4 is 11.9 Å². The number of likely N-dealkylation sites (tertiary alicyclic amines) is 1. The summed E-state index contributed by atoms with van der Waals surface area (Å²) in [5, 5.41) is 2.64. The van der Waals surface area contributed by atoms with E-state index in [1.165, 1.54) is 0 Å². The fraction of sp³-hybridized carbons (Fsp3) is 0.857. The van der Waals surface area contributed by atoms with E-state index >= 15 is 0 Å². The second-order valence-electron chi connectivity index (χ2n) is 6.20. The molecule has 1 saturated heterocycles. The Hall–Kier alpha value is -1.30. The van der Waals surface area contributed by atoms with Gasteiger partial charge in [0, 0.05) is 26.2 Å². The Morgan fingerprint density at radius 3 is 2.55 bits per heavy atom. The molecule has 5 N–H and O–H groups in total. The van der Waals surface area contributed by atoms with E-state index in [1.54, 1.807) is 0 Å². The molecule has 0 bridgehead atoms. The first-order chi connectivity index (χ1) is 9.57. The van der Waals surface area contributed by atoms with Crippen LogP contribution in [0.3, 0.4) is 0 Å². The molecule has 6 nitrogen and oxygen atoms in total. The van der Waals surface area contributed by atoms with E-state index in [4.69, 9.17) is 11.5 Å². The van der Waals surface area contributed by atoms with Crippen molar-refractivity contribution in [1.29, 1.82) is 0 Å². The molecule has 6 heteroatoms. The van der Waals surface area contributed by atoms with Crippen molar-refractivity contribution in [2.75, 3.05) is 26.2 Å². The number of piperidine rings is 1. The van der Waals surface area contributed by atoms with Gasteiger partial charge >= 0.3 is 6.03 Å². The molecule has 0 aromatic heterocycles. The van der Waals surface area contributed by atoms with Gasteiger partial charge in [0.1, 0.15) is 0 Å². The molecule has 20 heavy (non-hydrogen) atoms. The van der Waals surface area contributed by atoms with Crippen LogP contribution in [0.15, 0.2) is 0 Å². The maximum Gasteiger partial charge on any atom is 0.312 e. The van der Waals surface area contributed by atoms with Crippen LogP contribution >= 0.6 is 0 Å². The molecule has 1 unspecified atom stereocenters. The summed E-state index contributed by atoms with van der Waals surface area (Å²) in [6, 6.07) is -0.498. The Kier molecular flexibility index (Phi) is 4.86. The van der Waals surface area contributed by atoms with Crippen LogP contribution in [0.2, 0.25) is 0 Å². The van der Waals surface area contributed by atoms with Crippen molar-refractivity contribution in [1.82, 2.24) is 10.2 Å². The molecular weight excluding hydrogens is 256 g/mol. The van der Waals surface area contributed by atoms with Crippen LogP contribution in [0.4, 0.5) is 4.79 Å². The zero-order chi connectivity index (χ0) is 14.6. The number of rotatable bonds is 4. The number of nitrogens with one attached hydrogen (secondary N) is 1. The fourth-order valence-corrected chi connectivity index (χ4v) is 3.55. The summed E-state index contributed by atoms with van der Waals surface area (Å²) in [6.07, 6.45) is 6.05. The lowest BCUT2D eigenvalue weighted by atomic mass is 9.83. The summed E-state index contributed by atoms with van der Waals surface area (Å²) in [5.41, 5.74) is 10.7. The largest absolute Gasteiger partial charge is 0.352 e. The Balaban J connectivity index is 1.94. The zero-order valence-corrected chi connectivity index (χ0v) is 12.1. The predicted molar refractivity (Wildman–Crippen MR) is 76.8 cm³/mol. The number of urea groups is 1. The highest BCUT2D eigenvalue weighted by Crippen LogP contribution is 2.39. The van der Waals surface area contributed by atoms with Crippen molar-refractivity contribution in [3.8, 4) is 0 Å². The van der Waals surface area contributed by atoms with Gasteiger partial charge in [-0.15, -0.1) is 0 Å². The molecular formula is C14H26N4O2. The number of nitrogens with two attached hydrogens (primary N) is 2. The van der Waals surface area contributed by atoms with Gasteiger partial charge in [-0.3, -0.25) is 4.79 Å². The van der Waals surface area contributed by atoms with Crippen LogP contribution < -0.4 is 16.8 Å². The maximum absolute atomic E-state index is 12.8. The van der Waals surface area contributed by atoms with Crippen LogP contribution in [-0.4, -0.2) is 43.0 Å². The SMILES string of the molecule is NCC1(C(=O)N2CCCC(CNC(N)=O)C2)CCCC1. The summed E-state index contributed by atoms with van der Waals surface area (Å²) in [5.74, 6) is 0.526. The third-order valence-corrected chi connectivity index (χ3v) is 4.78. The van der Waals surface area contributed by atoms with E-state index in [2.05, 4.69) is 5.32 Å². The van der Waals surface area contributed by atoms with E-state index < -0.39 is 6.03 Å².